The summed E-state index contributed by atoms with van der Waals surface area (Å²) in [6.45, 7) is 5.93. The molecule has 0 amide bonds. The van der Waals surface area contributed by atoms with Crippen molar-refractivity contribution in [3.8, 4) is 11.8 Å². The largest absolute Gasteiger partial charge is 0.376 e. The number of nitriles is 1. The fraction of sp³-hybridized carbons (Fsp3) is 0.192. The molecule has 0 saturated heterocycles. The minimum Gasteiger partial charge on any atom is -0.376 e. The maximum absolute atomic E-state index is 13.7. The van der Waals surface area contributed by atoms with Crippen molar-refractivity contribution >= 4 is 16.5 Å². The Balaban J connectivity index is 1.96. The van der Waals surface area contributed by atoms with Crippen molar-refractivity contribution in [3.05, 3.63) is 99.7 Å². The lowest BCUT2D eigenvalue weighted by Gasteiger charge is -2.24. The Kier molecular flexibility index (Phi) is 5.55. The van der Waals surface area contributed by atoms with E-state index in [2.05, 4.69) is 29.4 Å². The fourth-order valence-electron chi connectivity index (χ4n) is 4.00. The quantitative estimate of drug-likeness (QED) is 0.477. The standard InChI is InChI=1S/C26H24N4O/c1-4-22(29-23-13-18(3)28-16-20(23)15-27)24-14-19-10-8-9-17(2)25(19)26(31)30(24)21-11-6-5-7-12-21/h5-14,16,22H,4H2,1-3H3,(H,28,29)/t22-/m0/s1. The van der Waals surface area contributed by atoms with Gasteiger partial charge in [-0.25, -0.2) is 0 Å². The second-order valence-corrected chi connectivity index (χ2v) is 7.67. The zero-order valence-electron chi connectivity index (χ0n) is 17.9. The molecule has 0 aliphatic heterocycles. The van der Waals surface area contributed by atoms with Gasteiger partial charge in [0.1, 0.15) is 6.07 Å². The van der Waals surface area contributed by atoms with Crippen molar-refractivity contribution in [1.82, 2.24) is 9.55 Å². The van der Waals surface area contributed by atoms with Crippen LogP contribution >= 0.6 is 0 Å². The van der Waals surface area contributed by atoms with Crippen LogP contribution in [0.15, 0.2) is 71.7 Å². The number of para-hydroxylation sites is 1. The van der Waals surface area contributed by atoms with E-state index in [0.717, 1.165) is 45.5 Å². The maximum atomic E-state index is 13.7. The van der Waals surface area contributed by atoms with Crippen molar-refractivity contribution in [3.63, 3.8) is 0 Å². The highest BCUT2D eigenvalue weighted by molar-refractivity contribution is 5.85. The average Bonchev–Trinajstić information content (AvgIpc) is 2.78. The zero-order valence-corrected chi connectivity index (χ0v) is 17.9. The molecule has 5 nitrogen and oxygen atoms in total. The molecule has 0 radical (unpaired) electrons. The lowest BCUT2D eigenvalue weighted by atomic mass is 10.0. The number of hydrogen-bond acceptors (Lipinski definition) is 4. The highest BCUT2D eigenvalue weighted by atomic mass is 16.1. The van der Waals surface area contributed by atoms with Crippen LogP contribution in [0.5, 0.6) is 0 Å². The Morgan fingerprint density at radius 1 is 1.10 bits per heavy atom. The topological polar surface area (TPSA) is 70.7 Å². The van der Waals surface area contributed by atoms with Gasteiger partial charge in [-0.3, -0.25) is 14.3 Å². The van der Waals surface area contributed by atoms with E-state index in [0.29, 0.717) is 5.56 Å². The van der Waals surface area contributed by atoms with Crippen molar-refractivity contribution in [1.29, 1.82) is 5.26 Å². The van der Waals surface area contributed by atoms with E-state index in [1.807, 2.05) is 68.4 Å². The van der Waals surface area contributed by atoms with E-state index in [1.54, 1.807) is 10.8 Å². The molecule has 5 heteroatoms. The first-order chi connectivity index (χ1) is 15.0. The molecule has 31 heavy (non-hydrogen) atoms. The molecule has 1 atom stereocenters. The SMILES string of the molecule is CC[C@H](Nc1cc(C)ncc1C#N)c1cc2cccc(C)c2c(=O)n1-c1ccccc1. The van der Waals surface area contributed by atoms with Crippen LogP contribution in [-0.4, -0.2) is 9.55 Å². The van der Waals surface area contributed by atoms with Gasteiger partial charge < -0.3 is 5.32 Å². The monoisotopic (exact) mass is 408 g/mol. The molecule has 0 aliphatic carbocycles. The van der Waals surface area contributed by atoms with E-state index in [-0.39, 0.29) is 11.6 Å². The number of aromatic nitrogens is 2. The first-order valence-corrected chi connectivity index (χ1v) is 10.4. The molecular formula is C26H24N4O. The number of rotatable bonds is 5. The number of nitrogens with zero attached hydrogens (tertiary/aromatic N) is 3. The molecule has 4 aromatic rings. The van der Waals surface area contributed by atoms with Crippen molar-refractivity contribution in [2.45, 2.75) is 33.2 Å². The second-order valence-electron chi connectivity index (χ2n) is 7.67. The van der Waals surface area contributed by atoms with Crippen LogP contribution in [0.1, 0.15) is 41.9 Å². The minimum absolute atomic E-state index is 0.0385. The summed E-state index contributed by atoms with van der Waals surface area (Å²) in [5.74, 6) is 0. The Labute approximate surface area is 181 Å². The van der Waals surface area contributed by atoms with E-state index in [9.17, 15) is 10.1 Å². The predicted molar refractivity (Wildman–Crippen MR) is 125 cm³/mol. The number of pyridine rings is 2. The average molecular weight is 409 g/mol. The highest BCUT2D eigenvalue weighted by Gasteiger charge is 2.20. The Hall–Kier alpha value is -3.91. The number of aryl methyl sites for hydroxylation is 2. The first-order valence-electron chi connectivity index (χ1n) is 10.4. The summed E-state index contributed by atoms with van der Waals surface area (Å²) in [4.78, 5) is 17.9. The molecule has 154 valence electrons. The predicted octanol–water partition coefficient (Wildman–Crippen LogP) is 5.44. The molecule has 2 heterocycles. The van der Waals surface area contributed by atoms with E-state index >= 15 is 0 Å². The third kappa shape index (κ3) is 3.80. The van der Waals surface area contributed by atoms with Gasteiger partial charge in [-0.2, -0.15) is 5.26 Å². The van der Waals surface area contributed by atoms with Crippen LogP contribution in [-0.2, 0) is 0 Å². The molecule has 2 aromatic carbocycles. The Morgan fingerprint density at radius 2 is 1.87 bits per heavy atom. The second kappa shape index (κ2) is 8.45. The maximum Gasteiger partial charge on any atom is 0.263 e. The van der Waals surface area contributed by atoms with Gasteiger partial charge in [-0.15, -0.1) is 0 Å². The molecule has 4 rings (SSSR count). The van der Waals surface area contributed by atoms with Crippen LogP contribution in [0.2, 0.25) is 0 Å². The van der Waals surface area contributed by atoms with Crippen molar-refractivity contribution in [2.75, 3.05) is 5.32 Å². The molecular weight excluding hydrogens is 384 g/mol. The van der Waals surface area contributed by atoms with Crippen molar-refractivity contribution < 1.29 is 0 Å². The van der Waals surface area contributed by atoms with E-state index < -0.39 is 0 Å². The molecule has 1 N–H and O–H groups in total. The summed E-state index contributed by atoms with van der Waals surface area (Å²) in [6.07, 6.45) is 2.31. The highest BCUT2D eigenvalue weighted by Crippen LogP contribution is 2.28. The van der Waals surface area contributed by atoms with Crippen LogP contribution in [0, 0.1) is 25.2 Å². The Morgan fingerprint density at radius 3 is 2.58 bits per heavy atom. The Bertz CT molecular complexity index is 1350. The van der Waals surface area contributed by atoms with Gasteiger partial charge in [0.2, 0.25) is 0 Å². The summed E-state index contributed by atoms with van der Waals surface area (Å²) in [7, 11) is 0. The molecule has 0 unspecified atom stereocenters. The molecule has 0 bridgehead atoms. The summed E-state index contributed by atoms with van der Waals surface area (Å²) < 4.78 is 1.79. The first kappa shape index (κ1) is 20.4. The lowest BCUT2D eigenvalue weighted by Crippen LogP contribution is -2.27. The number of nitrogens with one attached hydrogen (secondary N) is 1. The third-order valence-corrected chi connectivity index (χ3v) is 5.55. The number of benzene rings is 2. The zero-order chi connectivity index (χ0) is 22.0. The molecule has 2 aromatic heterocycles. The summed E-state index contributed by atoms with van der Waals surface area (Å²) in [5.41, 5.74) is 4.62. The van der Waals surface area contributed by atoms with Gasteiger partial charge in [0.25, 0.3) is 5.56 Å². The minimum atomic E-state index is -0.174. The van der Waals surface area contributed by atoms with Crippen molar-refractivity contribution in [2.24, 2.45) is 0 Å². The molecule has 0 spiro atoms. The van der Waals surface area contributed by atoms with E-state index in [4.69, 9.17) is 0 Å². The molecule has 0 saturated carbocycles. The van der Waals surface area contributed by atoms with E-state index in [1.165, 1.54) is 0 Å². The fourth-order valence-corrected chi connectivity index (χ4v) is 4.00. The smallest absolute Gasteiger partial charge is 0.263 e. The number of fused-ring (bicyclic) bond motifs is 1. The van der Waals surface area contributed by atoms with Crippen LogP contribution in [0.25, 0.3) is 16.5 Å². The molecule has 0 aliphatic rings. The van der Waals surface area contributed by atoms with Gasteiger partial charge in [0, 0.05) is 23.3 Å². The van der Waals surface area contributed by atoms with Gasteiger partial charge in [-0.05, 0) is 55.5 Å². The van der Waals surface area contributed by atoms with Crippen LogP contribution in [0.3, 0.4) is 0 Å². The van der Waals surface area contributed by atoms with Gasteiger partial charge in [0.05, 0.1) is 22.7 Å². The summed E-state index contributed by atoms with van der Waals surface area (Å²) in [6, 6.07) is 21.6. The summed E-state index contributed by atoms with van der Waals surface area (Å²) in [5, 5.41) is 14.7. The van der Waals surface area contributed by atoms with Gasteiger partial charge in [0.15, 0.2) is 0 Å². The van der Waals surface area contributed by atoms with Gasteiger partial charge in [-0.1, -0.05) is 43.3 Å². The molecule has 0 fully saturated rings. The number of hydrogen-bond donors (Lipinski definition) is 1. The van der Waals surface area contributed by atoms with Crippen LogP contribution < -0.4 is 10.9 Å². The lowest BCUT2D eigenvalue weighted by molar-refractivity contribution is 0.691. The third-order valence-electron chi connectivity index (χ3n) is 5.55. The van der Waals surface area contributed by atoms with Gasteiger partial charge >= 0.3 is 0 Å². The summed E-state index contributed by atoms with van der Waals surface area (Å²) >= 11 is 0. The number of anilines is 1. The van der Waals surface area contributed by atoms with Crippen LogP contribution in [0.4, 0.5) is 5.69 Å². The normalized spacial score (nSPS) is 11.8.